The van der Waals surface area contributed by atoms with Gasteiger partial charge in [0.15, 0.2) is 17.3 Å². The molecule has 1 unspecified atom stereocenters. The zero-order valence-electron chi connectivity index (χ0n) is 12.6. The highest BCUT2D eigenvalue weighted by Gasteiger charge is 2.32. The minimum atomic E-state index is -0.0589. The molecule has 0 amide bonds. The highest BCUT2D eigenvalue weighted by molar-refractivity contribution is 5.94. The lowest BCUT2D eigenvalue weighted by Crippen LogP contribution is -2.24. The minimum absolute atomic E-state index is 0.00993. The fraction of sp³-hybridized carbons (Fsp3) is 0.562. The zero-order chi connectivity index (χ0) is 14.8. The van der Waals surface area contributed by atoms with Crippen LogP contribution in [0.15, 0.2) is 18.2 Å². The molecule has 1 heterocycles. The van der Waals surface area contributed by atoms with E-state index in [0.717, 1.165) is 12.8 Å². The molecule has 1 aliphatic rings. The Balaban J connectivity index is 2.01. The lowest BCUT2D eigenvalue weighted by atomic mass is 10.1. The standard InChI is InChI=1S/C16H22O4/c1-11(17)12-5-6-14(15(9-12)18-4)19-10-13-7-8-16(2,3)20-13/h5-6,9,13H,7-8,10H2,1-4H3. The number of hydrogen-bond donors (Lipinski definition) is 0. The molecule has 1 aromatic rings. The maximum Gasteiger partial charge on any atom is 0.161 e. The van der Waals surface area contributed by atoms with Crippen molar-refractivity contribution in [2.75, 3.05) is 13.7 Å². The summed E-state index contributed by atoms with van der Waals surface area (Å²) in [7, 11) is 1.57. The average molecular weight is 278 g/mol. The Labute approximate surface area is 120 Å². The number of ether oxygens (including phenoxy) is 3. The molecule has 4 heteroatoms. The Hall–Kier alpha value is -1.55. The van der Waals surface area contributed by atoms with Crippen molar-refractivity contribution >= 4 is 5.78 Å². The molecular weight excluding hydrogens is 256 g/mol. The second-order valence-corrected chi connectivity index (χ2v) is 5.77. The largest absolute Gasteiger partial charge is 0.493 e. The van der Waals surface area contributed by atoms with Crippen molar-refractivity contribution in [2.24, 2.45) is 0 Å². The maximum atomic E-state index is 11.3. The molecule has 0 radical (unpaired) electrons. The third-order valence-corrected chi connectivity index (χ3v) is 3.55. The van der Waals surface area contributed by atoms with Gasteiger partial charge in [-0.05, 0) is 51.8 Å². The molecule has 2 rings (SSSR count). The van der Waals surface area contributed by atoms with Gasteiger partial charge in [-0.1, -0.05) is 0 Å². The van der Waals surface area contributed by atoms with Crippen molar-refractivity contribution in [1.82, 2.24) is 0 Å². The van der Waals surface area contributed by atoms with Gasteiger partial charge in [-0.15, -0.1) is 0 Å². The highest BCUT2D eigenvalue weighted by atomic mass is 16.6. The first-order chi connectivity index (χ1) is 9.41. The van der Waals surface area contributed by atoms with Crippen molar-refractivity contribution in [3.05, 3.63) is 23.8 Å². The quantitative estimate of drug-likeness (QED) is 0.776. The fourth-order valence-electron chi connectivity index (χ4n) is 2.38. The van der Waals surface area contributed by atoms with Crippen LogP contribution in [0.2, 0.25) is 0 Å². The third-order valence-electron chi connectivity index (χ3n) is 3.55. The van der Waals surface area contributed by atoms with E-state index in [-0.39, 0.29) is 17.5 Å². The fourth-order valence-corrected chi connectivity index (χ4v) is 2.38. The molecule has 0 aromatic heterocycles. The molecule has 1 aromatic carbocycles. The normalized spacial score (nSPS) is 20.7. The molecule has 0 saturated carbocycles. The Morgan fingerprint density at radius 2 is 2.15 bits per heavy atom. The number of carbonyl (C=O) groups is 1. The molecule has 4 nitrogen and oxygen atoms in total. The first-order valence-corrected chi connectivity index (χ1v) is 6.91. The van der Waals surface area contributed by atoms with Crippen LogP contribution in [0.4, 0.5) is 0 Å². The van der Waals surface area contributed by atoms with Gasteiger partial charge in [0.1, 0.15) is 6.61 Å². The lowest BCUT2D eigenvalue weighted by Gasteiger charge is -2.20. The van der Waals surface area contributed by atoms with Crippen molar-refractivity contribution in [1.29, 1.82) is 0 Å². The van der Waals surface area contributed by atoms with Crippen molar-refractivity contribution in [3.63, 3.8) is 0 Å². The smallest absolute Gasteiger partial charge is 0.161 e. The molecule has 0 N–H and O–H groups in total. The number of ketones is 1. The summed E-state index contributed by atoms with van der Waals surface area (Å²) in [5.74, 6) is 1.23. The summed E-state index contributed by atoms with van der Waals surface area (Å²) in [6, 6.07) is 5.23. The summed E-state index contributed by atoms with van der Waals surface area (Å²) in [5.41, 5.74) is 0.559. The third kappa shape index (κ3) is 3.51. The molecule has 0 spiro atoms. The van der Waals surface area contributed by atoms with Gasteiger partial charge in [0, 0.05) is 5.56 Å². The van der Waals surface area contributed by atoms with E-state index in [0.29, 0.717) is 23.7 Å². The van der Waals surface area contributed by atoms with Gasteiger partial charge in [-0.25, -0.2) is 0 Å². The Bertz CT molecular complexity index is 493. The van der Waals surface area contributed by atoms with E-state index in [1.54, 1.807) is 25.3 Å². The van der Waals surface area contributed by atoms with E-state index in [1.165, 1.54) is 6.92 Å². The van der Waals surface area contributed by atoms with Gasteiger partial charge in [-0.3, -0.25) is 4.79 Å². The number of methoxy groups -OCH3 is 1. The SMILES string of the molecule is COc1cc(C(C)=O)ccc1OCC1CCC(C)(C)O1. The molecule has 110 valence electrons. The second-order valence-electron chi connectivity index (χ2n) is 5.77. The maximum absolute atomic E-state index is 11.3. The van der Waals surface area contributed by atoms with Crippen LogP contribution < -0.4 is 9.47 Å². The van der Waals surface area contributed by atoms with E-state index in [1.807, 2.05) is 0 Å². The molecule has 20 heavy (non-hydrogen) atoms. The van der Waals surface area contributed by atoms with Gasteiger partial charge in [-0.2, -0.15) is 0 Å². The number of hydrogen-bond acceptors (Lipinski definition) is 4. The van der Waals surface area contributed by atoms with Gasteiger partial charge in [0.05, 0.1) is 18.8 Å². The number of rotatable bonds is 5. The van der Waals surface area contributed by atoms with Crippen LogP contribution >= 0.6 is 0 Å². The van der Waals surface area contributed by atoms with Crippen LogP contribution in [0.5, 0.6) is 11.5 Å². The topological polar surface area (TPSA) is 44.8 Å². The summed E-state index contributed by atoms with van der Waals surface area (Å²) in [6.07, 6.45) is 2.16. The number of benzene rings is 1. The van der Waals surface area contributed by atoms with Crippen LogP contribution in [0.3, 0.4) is 0 Å². The summed E-state index contributed by atoms with van der Waals surface area (Å²) in [5, 5.41) is 0. The Morgan fingerprint density at radius 3 is 2.70 bits per heavy atom. The first-order valence-electron chi connectivity index (χ1n) is 6.91. The summed E-state index contributed by atoms with van der Waals surface area (Å²) < 4.78 is 16.9. The minimum Gasteiger partial charge on any atom is -0.493 e. The van der Waals surface area contributed by atoms with E-state index in [9.17, 15) is 4.79 Å². The molecule has 1 aliphatic heterocycles. The first kappa shape index (κ1) is 14.9. The Kier molecular flexibility index (Phi) is 4.33. The Morgan fingerprint density at radius 1 is 1.40 bits per heavy atom. The molecule has 0 bridgehead atoms. The van der Waals surface area contributed by atoms with E-state index >= 15 is 0 Å². The van der Waals surface area contributed by atoms with Crippen LogP contribution in [-0.4, -0.2) is 31.2 Å². The van der Waals surface area contributed by atoms with Crippen LogP contribution in [0.1, 0.15) is 44.0 Å². The van der Waals surface area contributed by atoms with Crippen molar-refractivity contribution in [3.8, 4) is 11.5 Å². The molecule has 1 atom stereocenters. The predicted molar refractivity (Wildman–Crippen MR) is 76.7 cm³/mol. The van der Waals surface area contributed by atoms with Crippen molar-refractivity contribution < 1.29 is 19.0 Å². The van der Waals surface area contributed by atoms with Crippen molar-refractivity contribution in [2.45, 2.75) is 45.3 Å². The van der Waals surface area contributed by atoms with Gasteiger partial charge < -0.3 is 14.2 Å². The van der Waals surface area contributed by atoms with Gasteiger partial charge >= 0.3 is 0 Å². The number of carbonyl (C=O) groups excluding carboxylic acids is 1. The summed E-state index contributed by atoms with van der Waals surface area (Å²) >= 11 is 0. The van der Waals surface area contributed by atoms with Crippen LogP contribution in [-0.2, 0) is 4.74 Å². The molecule has 1 fully saturated rings. The predicted octanol–water partition coefficient (Wildman–Crippen LogP) is 3.23. The number of Topliss-reactive ketones (excluding diaryl/α,β-unsaturated/α-hetero) is 1. The molecular formula is C16H22O4. The zero-order valence-corrected chi connectivity index (χ0v) is 12.6. The van der Waals surface area contributed by atoms with E-state index in [2.05, 4.69) is 13.8 Å². The highest BCUT2D eigenvalue weighted by Crippen LogP contribution is 2.32. The molecule has 1 saturated heterocycles. The summed E-state index contributed by atoms with van der Waals surface area (Å²) in [4.78, 5) is 11.3. The molecule has 0 aliphatic carbocycles. The summed E-state index contributed by atoms with van der Waals surface area (Å²) in [6.45, 7) is 6.22. The monoisotopic (exact) mass is 278 g/mol. The van der Waals surface area contributed by atoms with Crippen LogP contribution in [0.25, 0.3) is 0 Å². The van der Waals surface area contributed by atoms with E-state index in [4.69, 9.17) is 14.2 Å². The van der Waals surface area contributed by atoms with Gasteiger partial charge in [0.2, 0.25) is 0 Å². The van der Waals surface area contributed by atoms with E-state index < -0.39 is 0 Å². The lowest BCUT2D eigenvalue weighted by molar-refractivity contribution is -0.0329. The second kappa shape index (κ2) is 5.83. The van der Waals surface area contributed by atoms with Crippen LogP contribution in [0, 0.1) is 0 Å². The van der Waals surface area contributed by atoms with Gasteiger partial charge in [0.25, 0.3) is 0 Å². The average Bonchev–Trinajstić information content (AvgIpc) is 2.75.